The first-order chi connectivity index (χ1) is 13.1. The zero-order valence-electron chi connectivity index (χ0n) is 14.9. The highest BCUT2D eigenvalue weighted by Crippen LogP contribution is 2.27. The second kappa shape index (κ2) is 6.92. The van der Waals surface area contributed by atoms with Crippen molar-refractivity contribution in [2.24, 2.45) is 0 Å². The van der Waals surface area contributed by atoms with Gasteiger partial charge >= 0.3 is 0 Å². The Morgan fingerprint density at radius 1 is 1.26 bits per heavy atom. The third-order valence-electron chi connectivity index (χ3n) is 4.79. The number of aromatic nitrogens is 2. The SMILES string of the molecule is CC1(Nc2nc(Nc3ccc4ncccc4c3)c(C=O)cc2F)CCNC1. The van der Waals surface area contributed by atoms with E-state index in [2.05, 4.69) is 25.9 Å². The molecule has 1 aliphatic rings. The molecule has 1 aliphatic heterocycles. The van der Waals surface area contributed by atoms with Gasteiger partial charge in [0.2, 0.25) is 0 Å². The lowest BCUT2D eigenvalue weighted by Crippen LogP contribution is -2.37. The van der Waals surface area contributed by atoms with Gasteiger partial charge in [0, 0.05) is 29.4 Å². The Labute approximate surface area is 156 Å². The van der Waals surface area contributed by atoms with Gasteiger partial charge in [0.1, 0.15) is 5.82 Å². The Balaban J connectivity index is 1.67. The largest absolute Gasteiger partial charge is 0.361 e. The molecule has 1 atom stereocenters. The van der Waals surface area contributed by atoms with E-state index in [4.69, 9.17) is 0 Å². The van der Waals surface area contributed by atoms with Crippen LogP contribution in [0.2, 0.25) is 0 Å². The highest BCUT2D eigenvalue weighted by Gasteiger charge is 2.30. The van der Waals surface area contributed by atoms with E-state index >= 15 is 0 Å². The summed E-state index contributed by atoms with van der Waals surface area (Å²) >= 11 is 0. The molecule has 138 valence electrons. The summed E-state index contributed by atoms with van der Waals surface area (Å²) in [5, 5.41) is 10.5. The number of nitrogens with zero attached hydrogens (tertiary/aromatic N) is 2. The van der Waals surface area contributed by atoms with Crippen molar-refractivity contribution in [2.75, 3.05) is 23.7 Å². The second-order valence-electron chi connectivity index (χ2n) is 7.02. The summed E-state index contributed by atoms with van der Waals surface area (Å²) in [4.78, 5) is 20.1. The summed E-state index contributed by atoms with van der Waals surface area (Å²) in [5.74, 6) is -0.0954. The Bertz CT molecular complexity index is 1000. The van der Waals surface area contributed by atoms with Crippen LogP contribution in [0.5, 0.6) is 0 Å². The van der Waals surface area contributed by atoms with Crippen molar-refractivity contribution in [1.82, 2.24) is 15.3 Å². The smallest absolute Gasteiger partial charge is 0.166 e. The molecule has 3 aromatic rings. The summed E-state index contributed by atoms with van der Waals surface area (Å²) in [5.41, 5.74) is 1.51. The predicted octanol–water partition coefficient (Wildman–Crippen LogP) is 3.49. The lowest BCUT2D eigenvalue weighted by atomic mass is 10.0. The number of fused-ring (bicyclic) bond motifs is 1. The highest BCUT2D eigenvalue weighted by atomic mass is 19.1. The normalized spacial score (nSPS) is 19.2. The maximum absolute atomic E-state index is 14.4. The molecule has 3 N–H and O–H groups in total. The number of benzene rings is 1. The molecular weight excluding hydrogens is 345 g/mol. The monoisotopic (exact) mass is 365 g/mol. The van der Waals surface area contributed by atoms with Crippen LogP contribution in [0.4, 0.5) is 21.7 Å². The van der Waals surface area contributed by atoms with E-state index in [-0.39, 0.29) is 16.9 Å². The number of rotatable bonds is 5. The number of hydrogen-bond acceptors (Lipinski definition) is 6. The first kappa shape index (κ1) is 17.4. The van der Waals surface area contributed by atoms with E-state index in [0.29, 0.717) is 12.1 Å². The van der Waals surface area contributed by atoms with Crippen molar-refractivity contribution in [3.8, 4) is 0 Å². The number of pyridine rings is 2. The van der Waals surface area contributed by atoms with Crippen LogP contribution in [0.1, 0.15) is 23.7 Å². The molecule has 1 saturated heterocycles. The van der Waals surface area contributed by atoms with Crippen LogP contribution in [0.25, 0.3) is 10.9 Å². The quantitative estimate of drug-likeness (QED) is 0.601. The van der Waals surface area contributed by atoms with Crippen molar-refractivity contribution in [1.29, 1.82) is 0 Å². The van der Waals surface area contributed by atoms with Crippen molar-refractivity contribution in [2.45, 2.75) is 18.9 Å². The van der Waals surface area contributed by atoms with Crippen molar-refractivity contribution in [3.63, 3.8) is 0 Å². The fraction of sp³-hybridized carbons (Fsp3) is 0.250. The Morgan fingerprint density at radius 3 is 2.93 bits per heavy atom. The van der Waals surface area contributed by atoms with Crippen LogP contribution in [0, 0.1) is 5.82 Å². The number of anilines is 3. The van der Waals surface area contributed by atoms with E-state index in [1.165, 1.54) is 6.07 Å². The van der Waals surface area contributed by atoms with E-state index in [1.807, 2.05) is 37.3 Å². The molecule has 7 heteroatoms. The molecule has 0 radical (unpaired) electrons. The van der Waals surface area contributed by atoms with Crippen molar-refractivity contribution >= 4 is 34.5 Å². The molecule has 0 saturated carbocycles. The molecule has 0 bridgehead atoms. The molecule has 3 heterocycles. The van der Waals surface area contributed by atoms with Gasteiger partial charge in [-0.2, -0.15) is 0 Å². The van der Waals surface area contributed by atoms with E-state index < -0.39 is 5.82 Å². The first-order valence-electron chi connectivity index (χ1n) is 8.83. The van der Waals surface area contributed by atoms with E-state index in [9.17, 15) is 9.18 Å². The Morgan fingerprint density at radius 2 is 2.15 bits per heavy atom. The maximum atomic E-state index is 14.4. The summed E-state index contributed by atoms with van der Waals surface area (Å²) in [6.45, 7) is 3.61. The lowest BCUT2D eigenvalue weighted by molar-refractivity contribution is 0.112. The number of nitrogens with one attached hydrogen (secondary N) is 3. The third kappa shape index (κ3) is 3.59. The van der Waals surface area contributed by atoms with Crippen LogP contribution >= 0.6 is 0 Å². The second-order valence-corrected chi connectivity index (χ2v) is 7.02. The summed E-state index contributed by atoms with van der Waals surface area (Å²) in [6, 6.07) is 10.7. The molecule has 4 rings (SSSR count). The number of carbonyl (C=O) groups is 1. The van der Waals surface area contributed by atoms with Gasteiger partial charge in [-0.3, -0.25) is 9.78 Å². The topological polar surface area (TPSA) is 78.9 Å². The van der Waals surface area contributed by atoms with Crippen molar-refractivity contribution in [3.05, 3.63) is 54.0 Å². The Hall–Kier alpha value is -3.06. The zero-order chi connectivity index (χ0) is 18.9. The fourth-order valence-electron chi connectivity index (χ4n) is 3.28. The summed E-state index contributed by atoms with van der Waals surface area (Å²) < 4.78 is 14.4. The van der Waals surface area contributed by atoms with Gasteiger partial charge in [-0.05, 0) is 50.2 Å². The predicted molar refractivity (Wildman–Crippen MR) is 104 cm³/mol. The molecule has 1 unspecified atom stereocenters. The minimum Gasteiger partial charge on any atom is -0.361 e. The average Bonchev–Trinajstić information content (AvgIpc) is 3.10. The van der Waals surface area contributed by atoms with Gasteiger partial charge in [-0.1, -0.05) is 6.07 Å². The van der Waals surface area contributed by atoms with Gasteiger partial charge in [-0.25, -0.2) is 9.37 Å². The lowest BCUT2D eigenvalue weighted by Gasteiger charge is -2.26. The van der Waals surface area contributed by atoms with Gasteiger partial charge in [0.25, 0.3) is 0 Å². The third-order valence-corrected chi connectivity index (χ3v) is 4.79. The molecular formula is C20H20FN5O. The van der Waals surface area contributed by atoms with Crippen molar-refractivity contribution < 1.29 is 9.18 Å². The molecule has 0 spiro atoms. The Kier molecular flexibility index (Phi) is 4.45. The maximum Gasteiger partial charge on any atom is 0.166 e. The van der Waals surface area contributed by atoms with Gasteiger partial charge < -0.3 is 16.0 Å². The minimum absolute atomic E-state index is 0.136. The number of hydrogen-bond donors (Lipinski definition) is 3. The summed E-state index contributed by atoms with van der Waals surface area (Å²) in [7, 11) is 0. The first-order valence-corrected chi connectivity index (χ1v) is 8.83. The van der Waals surface area contributed by atoms with Crippen LogP contribution in [0.3, 0.4) is 0 Å². The molecule has 0 aliphatic carbocycles. The minimum atomic E-state index is -0.543. The number of aldehydes is 1. The van der Waals surface area contributed by atoms with Crippen LogP contribution in [0.15, 0.2) is 42.6 Å². The molecule has 1 fully saturated rings. The average molecular weight is 365 g/mol. The van der Waals surface area contributed by atoms with E-state index in [0.717, 1.165) is 36.1 Å². The standard InChI is InChI=1S/C20H20FN5O/c1-20(6-8-22-12-20)26-19-16(21)10-14(11-27)18(25-19)24-15-4-5-17-13(9-15)3-2-7-23-17/h2-5,7,9-11,22H,6,8,12H2,1H3,(H2,24,25,26). The van der Waals surface area contributed by atoms with Crippen LogP contribution in [-0.4, -0.2) is 34.9 Å². The van der Waals surface area contributed by atoms with Gasteiger partial charge in [-0.15, -0.1) is 0 Å². The van der Waals surface area contributed by atoms with Crippen LogP contribution < -0.4 is 16.0 Å². The summed E-state index contributed by atoms with van der Waals surface area (Å²) in [6.07, 6.45) is 3.20. The van der Waals surface area contributed by atoms with Gasteiger partial charge in [0.05, 0.1) is 11.1 Å². The molecule has 1 aromatic carbocycles. The fourth-order valence-corrected chi connectivity index (χ4v) is 3.28. The van der Waals surface area contributed by atoms with Gasteiger partial charge in [0.15, 0.2) is 17.9 Å². The molecule has 0 amide bonds. The molecule has 6 nitrogen and oxygen atoms in total. The van der Waals surface area contributed by atoms with Crippen LogP contribution in [-0.2, 0) is 0 Å². The molecule has 2 aromatic heterocycles. The number of carbonyl (C=O) groups excluding carboxylic acids is 1. The zero-order valence-corrected chi connectivity index (χ0v) is 14.9. The molecule has 27 heavy (non-hydrogen) atoms. The number of halogens is 1. The highest BCUT2D eigenvalue weighted by molar-refractivity contribution is 5.87. The van der Waals surface area contributed by atoms with E-state index in [1.54, 1.807) is 6.20 Å².